The van der Waals surface area contributed by atoms with Crippen molar-refractivity contribution in [2.75, 3.05) is 0 Å². The number of nitrogens with one attached hydrogen (secondary N) is 1. The number of carbonyl (C=O) groups excluding carboxylic acids is 1. The summed E-state index contributed by atoms with van der Waals surface area (Å²) in [6, 6.07) is 4.13. The van der Waals surface area contributed by atoms with Gasteiger partial charge in [-0.3, -0.25) is 4.79 Å². The Morgan fingerprint density at radius 1 is 1.38 bits per heavy atom. The second-order valence-corrected chi connectivity index (χ2v) is 7.28. The Hall–Kier alpha value is -1.46. The number of amides is 1. The Morgan fingerprint density at radius 2 is 2.24 bits per heavy atom. The third-order valence-corrected chi connectivity index (χ3v) is 5.95. The van der Waals surface area contributed by atoms with Gasteiger partial charge in [0.15, 0.2) is 0 Å². The predicted molar refractivity (Wildman–Crippen MR) is 89.7 cm³/mol. The zero-order chi connectivity index (χ0) is 14.7. The van der Waals surface area contributed by atoms with Crippen LogP contribution < -0.4 is 5.43 Å². The van der Waals surface area contributed by atoms with Crippen LogP contribution in [0.3, 0.4) is 0 Å². The highest BCUT2D eigenvalue weighted by atomic mass is 32.1. The average molecular weight is 318 g/mol. The fourth-order valence-electron chi connectivity index (χ4n) is 2.55. The summed E-state index contributed by atoms with van der Waals surface area (Å²) in [5, 5.41) is 6.06. The van der Waals surface area contributed by atoms with E-state index < -0.39 is 0 Å². The van der Waals surface area contributed by atoms with Gasteiger partial charge in [-0.2, -0.15) is 5.10 Å². The number of hydrazone groups is 1. The summed E-state index contributed by atoms with van der Waals surface area (Å²) in [5.41, 5.74) is 4.71. The van der Waals surface area contributed by atoms with Crippen molar-refractivity contribution < 1.29 is 4.79 Å². The quantitative estimate of drug-likeness (QED) is 0.671. The van der Waals surface area contributed by atoms with Crippen molar-refractivity contribution in [1.82, 2.24) is 5.43 Å². The van der Waals surface area contributed by atoms with Gasteiger partial charge in [0, 0.05) is 20.0 Å². The first kappa shape index (κ1) is 14.5. The lowest BCUT2D eigenvalue weighted by atomic mass is 9.96. The van der Waals surface area contributed by atoms with Crippen molar-refractivity contribution in [2.24, 2.45) is 5.10 Å². The second-order valence-electron chi connectivity index (χ2n) is 5.11. The number of carbonyl (C=O) groups is 1. The molecule has 0 aromatic carbocycles. The third-order valence-electron chi connectivity index (χ3n) is 3.69. The minimum atomic E-state index is -0.0853. The molecule has 1 aliphatic carbocycles. The van der Waals surface area contributed by atoms with Crippen LogP contribution in [0.1, 0.15) is 50.3 Å². The molecule has 2 aromatic rings. The van der Waals surface area contributed by atoms with Crippen LogP contribution in [0.25, 0.3) is 0 Å². The molecule has 110 valence electrons. The zero-order valence-corrected chi connectivity index (χ0v) is 13.6. The Morgan fingerprint density at radius 3 is 3.05 bits per heavy atom. The van der Waals surface area contributed by atoms with Gasteiger partial charge in [-0.25, -0.2) is 5.43 Å². The molecule has 3 nitrogen and oxygen atoms in total. The van der Waals surface area contributed by atoms with Gasteiger partial charge < -0.3 is 0 Å². The smallest absolute Gasteiger partial charge is 0.267 e. The van der Waals surface area contributed by atoms with Crippen molar-refractivity contribution in [3.63, 3.8) is 0 Å². The molecule has 0 aliphatic heterocycles. The summed E-state index contributed by atoms with van der Waals surface area (Å²) in [6.45, 7) is 2.13. The van der Waals surface area contributed by atoms with Crippen molar-refractivity contribution in [2.45, 2.75) is 39.0 Å². The minimum absolute atomic E-state index is 0.0853. The summed E-state index contributed by atoms with van der Waals surface area (Å²) in [4.78, 5) is 16.0. The lowest BCUT2D eigenvalue weighted by Gasteiger charge is -2.11. The maximum Gasteiger partial charge on any atom is 0.272 e. The lowest BCUT2D eigenvalue weighted by molar-refractivity contribution is 0.0954. The van der Waals surface area contributed by atoms with Gasteiger partial charge in [0.2, 0.25) is 0 Å². The fourth-order valence-corrected chi connectivity index (χ4v) is 4.50. The summed E-state index contributed by atoms with van der Waals surface area (Å²) in [5.74, 6) is -0.0853. The van der Waals surface area contributed by atoms with Crippen LogP contribution in [-0.2, 0) is 19.3 Å². The molecule has 2 heterocycles. The number of nitrogens with zero attached hydrogens (tertiary/aromatic N) is 1. The van der Waals surface area contributed by atoms with Crippen LogP contribution in [0.5, 0.6) is 0 Å². The number of thiophene rings is 2. The van der Waals surface area contributed by atoms with Gasteiger partial charge in [0.05, 0.1) is 11.8 Å². The molecule has 21 heavy (non-hydrogen) atoms. The van der Waals surface area contributed by atoms with Crippen LogP contribution in [0.15, 0.2) is 22.6 Å². The van der Waals surface area contributed by atoms with Crippen LogP contribution in [0.4, 0.5) is 0 Å². The molecular weight excluding hydrogens is 300 g/mol. The maximum absolute atomic E-state index is 12.2. The van der Waals surface area contributed by atoms with Crippen molar-refractivity contribution in [1.29, 1.82) is 0 Å². The Balaban J connectivity index is 1.65. The summed E-state index contributed by atoms with van der Waals surface area (Å²) in [7, 11) is 0. The molecule has 0 saturated heterocycles. The summed E-state index contributed by atoms with van der Waals surface area (Å²) < 4.78 is 0. The summed E-state index contributed by atoms with van der Waals surface area (Å²) >= 11 is 3.41. The molecule has 2 aromatic heterocycles. The molecule has 0 radical (unpaired) electrons. The van der Waals surface area contributed by atoms with Crippen LogP contribution in [-0.4, -0.2) is 12.1 Å². The molecule has 0 fully saturated rings. The summed E-state index contributed by atoms with van der Waals surface area (Å²) in [6.07, 6.45) is 7.32. The molecular formula is C16H18N2OS2. The monoisotopic (exact) mass is 318 g/mol. The first-order chi connectivity index (χ1) is 10.3. The van der Waals surface area contributed by atoms with E-state index in [1.165, 1.54) is 28.2 Å². The van der Waals surface area contributed by atoms with E-state index in [4.69, 9.17) is 0 Å². The molecule has 0 spiro atoms. The van der Waals surface area contributed by atoms with Crippen molar-refractivity contribution in [3.05, 3.63) is 43.3 Å². The predicted octanol–water partition coefficient (Wildman–Crippen LogP) is 4.01. The van der Waals surface area contributed by atoms with Crippen LogP contribution >= 0.6 is 22.7 Å². The van der Waals surface area contributed by atoms with E-state index in [1.807, 2.05) is 11.4 Å². The highest BCUT2D eigenvalue weighted by Gasteiger charge is 2.19. The standard InChI is InChI=1S/C16H18N2OS2/c1-2-11-7-8-12(21-11)9-17-18-16(19)14-10-20-15-6-4-3-5-13(14)15/h7-10H,2-6H2,1H3,(H,18,19)/b17-9+. The van der Waals surface area contributed by atoms with E-state index in [-0.39, 0.29) is 5.91 Å². The maximum atomic E-state index is 12.2. The molecule has 1 amide bonds. The van der Waals surface area contributed by atoms with Crippen LogP contribution in [0, 0.1) is 0 Å². The Labute approximate surface area is 132 Å². The first-order valence-corrected chi connectivity index (χ1v) is 8.99. The highest BCUT2D eigenvalue weighted by molar-refractivity contribution is 7.13. The molecule has 0 atom stereocenters. The molecule has 1 N–H and O–H groups in total. The zero-order valence-electron chi connectivity index (χ0n) is 12.0. The number of rotatable bonds is 4. The van der Waals surface area contributed by atoms with Gasteiger partial charge in [-0.15, -0.1) is 22.7 Å². The lowest BCUT2D eigenvalue weighted by Crippen LogP contribution is -2.19. The number of hydrogen-bond acceptors (Lipinski definition) is 4. The highest BCUT2D eigenvalue weighted by Crippen LogP contribution is 2.30. The van der Waals surface area contributed by atoms with E-state index in [2.05, 4.69) is 23.5 Å². The van der Waals surface area contributed by atoms with E-state index in [0.717, 1.165) is 29.7 Å². The average Bonchev–Trinajstić information content (AvgIpc) is 3.13. The van der Waals surface area contributed by atoms with Gasteiger partial charge in [0.25, 0.3) is 5.91 Å². The van der Waals surface area contributed by atoms with E-state index >= 15 is 0 Å². The molecule has 0 saturated carbocycles. The van der Waals surface area contributed by atoms with Crippen molar-refractivity contribution in [3.8, 4) is 0 Å². The van der Waals surface area contributed by atoms with Crippen molar-refractivity contribution >= 4 is 34.8 Å². The Bertz CT molecular complexity index is 670. The topological polar surface area (TPSA) is 41.5 Å². The van der Waals surface area contributed by atoms with Crippen LogP contribution in [0.2, 0.25) is 0 Å². The molecule has 3 rings (SSSR count). The SMILES string of the molecule is CCc1ccc(/C=N/NC(=O)c2csc3c2CCCC3)s1. The third kappa shape index (κ3) is 3.24. The normalized spacial score (nSPS) is 14.3. The van der Waals surface area contributed by atoms with Gasteiger partial charge in [-0.1, -0.05) is 6.92 Å². The number of hydrogen-bond donors (Lipinski definition) is 1. The van der Waals surface area contributed by atoms with E-state index in [1.54, 1.807) is 28.9 Å². The van der Waals surface area contributed by atoms with E-state index in [9.17, 15) is 4.79 Å². The molecule has 0 unspecified atom stereocenters. The number of fused-ring (bicyclic) bond motifs is 1. The van der Waals surface area contributed by atoms with Gasteiger partial charge in [-0.05, 0) is 49.8 Å². The first-order valence-electron chi connectivity index (χ1n) is 7.29. The van der Waals surface area contributed by atoms with E-state index in [0.29, 0.717) is 0 Å². The van der Waals surface area contributed by atoms with Gasteiger partial charge in [0.1, 0.15) is 0 Å². The number of aryl methyl sites for hydroxylation is 2. The second kappa shape index (κ2) is 6.54. The fraction of sp³-hybridized carbons (Fsp3) is 0.375. The Kier molecular flexibility index (Phi) is 4.51. The van der Waals surface area contributed by atoms with Gasteiger partial charge >= 0.3 is 0 Å². The molecule has 5 heteroatoms. The molecule has 1 aliphatic rings. The largest absolute Gasteiger partial charge is 0.272 e. The minimum Gasteiger partial charge on any atom is -0.267 e. The molecule has 0 bridgehead atoms.